The Labute approximate surface area is 128 Å². The predicted octanol–water partition coefficient (Wildman–Crippen LogP) is 2.76. The van der Waals surface area contributed by atoms with Gasteiger partial charge in [-0.15, -0.1) is 0 Å². The van der Waals surface area contributed by atoms with E-state index in [9.17, 15) is 0 Å². The van der Waals surface area contributed by atoms with E-state index in [2.05, 4.69) is 39.3 Å². The molecule has 2 heterocycles. The molecule has 2 N–H and O–H groups in total. The van der Waals surface area contributed by atoms with Crippen molar-refractivity contribution in [2.75, 3.05) is 43.4 Å². The molecule has 5 heteroatoms. The molecule has 5 nitrogen and oxygen atoms in total. The number of nitrogens with zero attached hydrogens (tertiary/aromatic N) is 3. The highest BCUT2D eigenvalue weighted by Gasteiger charge is 2.11. The van der Waals surface area contributed by atoms with Gasteiger partial charge in [0.1, 0.15) is 18.0 Å². The van der Waals surface area contributed by atoms with E-state index < -0.39 is 0 Å². The summed E-state index contributed by atoms with van der Waals surface area (Å²) < 4.78 is 0. The molecule has 118 valence electrons. The van der Waals surface area contributed by atoms with E-state index in [-0.39, 0.29) is 0 Å². The first kappa shape index (κ1) is 16.0. The molecule has 21 heavy (non-hydrogen) atoms. The molecule has 0 spiro atoms. The van der Waals surface area contributed by atoms with Crippen LogP contribution in [0.5, 0.6) is 0 Å². The number of aromatic nitrogens is 2. The number of anilines is 2. The third kappa shape index (κ3) is 4.84. The van der Waals surface area contributed by atoms with Crippen LogP contribution < -0.4 is 10.6 Å². The van der Waals surface area contributed by atoms with Gasteiger partial charge in [0.05, 0.1) is 0 Å². The van der Waals surface area contributed by atoms with Gasteiger partial charge in [-0.3, -0.25) is 0 Å². The molecule has 0 bridgehead atoms. The standard InChI is InChI=1S/C16H29N5/c1-3-8-17-15-14(4-2)16(20-13-19-15)18-9-7-12-21-10-5-6-11-21/h13H,3-12H2,1-2H3,(H2,17,18,19,20). The second kappa shape index (κ2) is 8.82. The summed E-state index contributed by atoms with van der Waals surface area (Å²) in [6, 6.07) is 0. The maximum atomic E-state index is 4.41. The van der Waals surface area contributed by atoms with Crippen molar-refractivity contribution in [1.29, 1.82) is 0 Å². The van der Waals surface area contributed by atoms with E-state index >= 15 is 0 Å². The zero-order chi connectivity index (χ0) is 14.9. The number of rotatable bonds is 9. The smallest absolute Gasteiger partial charge is 0.134 e. The van der Waals surface area contributed by atoms with Crippen LogP contribution in [-0.4, -0.2) is 47.6 Å². The molecule has 1 saturated heterocycles. The molecular formula is C16H29N5. The van der Waals surface area contributed by atoms with Crippen LogP contribution in [0.15, 0.2) is 6.33 Å². The summed E-state index contributed by atoms with van der Waals surface area (Å²) >= 11 is 0. The highest BCUT2D eigenvalue weighted by atomic mass is 15.1. The van der Waals surface area contributed by atoms with E-state index in [4.69, 9.17) is 0 Å². The molecule has 0 radical (unpaired) electrons. The van der Waals surface area contributed by atoms with Gasteiger partial charge in [-0.2, -0.15) is 0 Å². The fourth-order valence-electron chi connectivity index (χ4n) is 2.81. The first-order valence-corrected chi connectivity index (χ1v) is 8.39. The number of likely N-dealkylation sites (tertiary alicyclic amines) is 1. The first-order chi connectivity index (χ1) is 10.3. The van der Waals surface area contributed by atoms with Crippen molar-refractivity contribution >= 4 is 11.6 Å². The maximum absolute atomic E-state index is 4.41. The largest absolute Gasteiger partial charge is 0.370 e. The van der Waals surface area contributed by atoms with Crippen LogP contribution in [0.4, 0.5) is 11.6 Å². The van der Waals surface area contributed by atoms with Crippen molar-refractivity contribution in [3.05, 3.63) is 11.9 Å². The third-order valence-electron chi connectivity index (χ3n) is 3.98. The molecule has 1 aromatic heterocycles. The lowest BCUT2D eigenvalue weighted by molar-refractivity contribution is 0.337. The monoisotopic (exact) mass is 291 g/mol. The molecular weight excluding hydrogens is 262 g/mol. The lowest BCUT2D eigenvalue weighted by Gasteiger charge is -2.16. The van der Waals surface area contributed by atoms with Gasteiger partial charge in [0, 0.05) is 18.7 Å². The second-order valence-electron chi connectivity index (χ2n) is 5.66. The molecule has 1 aromatic rings. The van der Waals surface area contributed by atoms with Gasteiger partial charge in [0.15, 0.2) is 0 Å². The van der Waals surface area contributed by atoms with E-state index in [1.54, 1.807) is 6.33 Å². The summed E-state index contributed by atoms with van der Waals surface area (Å²) in [6.07, 6.45) is 7.61. The Morgan fingerprint density at radius 1 is 1.05 bits per heavy atom. The number of hydrogen-bond donors (Lipinski definition) is 2. The van der Waals surface area contributed by atoms with E-state index in [1.807, 2.05) is 0 Å². The molecule has 0 atom stereocenters. The summed E-state index contributed by atoms with van der Waals surface area (Å²) in [5.41, 5.74) is 1.20. The van der Waals surface area contributed by atoms with Crippen molar-refractivity contribution in [1.82, 2.24) is 14.9 Å². The zero-order valence-corrected chi connectivity index (χ0v) is 13.5. The fraction of sp³-hybridized carbons (Fsp3) is 0.750. The van der Waals surface area contributed by atoms with Crippen LogP contribution >= 0.6 is 0 Å². The van der Waals surface area contributed by atoms with Gasteiger partial charge >= 0.3 is 0 Å². The first-order valence-electron chi connectivity index (χ1n) is 8.39. The van der Waals surface area contributed by atoms with E-state index in [0.717, 1.165) is 37.6 Å². The van der Waals surface area contributed by atoms with Crippen LogP contribution in [0.3, 0.4) is 0 Å². The molecule has 0 aromatic carbocycles. The molecule has 1 aliphatic rings. The predicted molar refractivity (Wildman–Crippen MR) is 89.0 cm³/mol. The van der Waals surface area contributed by atoms with Crippen LogP contribution in [0.2, 0.25) is 0 Å². The van der Waals surface area contributed by atoms with Crippen molar-refractivity contribution < 1.29 is 0 Å². The quantitative estimate of drug-likeness (QED) is 0.685. The molecule has 1 fully saturated rings. The minimum atomic E-state index is 0.946. The lowest BCUT2D eigenvalue weighted by atomic mass is 10.2. The van der Waals surface area contributed by atoms with Crippen molar-refractivity contribution in [2.24, 2.45) is 0 Å². The molecule has 0 unspecified atom stereocenters. The van der Waals surface area contributed by atoms with Crippen LogP contribution in [-0.2, 0) is 6.42 Å². The number of hydrogen-bond acceptors (Lipinski definition) is 5. The highest BCUT2D eigenvalue weighted by Crippen LogP contribution is 2.20. The van der Waals surface area contributed by atoms with Gasteiger partial charge in [-0.1, -0.05) is 13.8 Å². The Bertz CT molecular complexity index is 415. The highest BCUT2D eigenvalue weighted by molar-refractivity contribution is 5.57. The normalized spacial score (nSPS) is 15.3. The van der Waals surface area contributed by atoms with Gasteiger partial charge in [0.2, 0.25) is 0 Å². The topological polar surface area (TPSA) is 53.1 Å². The summed E-state index contributed by atoms with van der Waals surface area (Å²) in [4.78, 5) is 11.3. The summed E-state index contributed by atoms with van der Waals surface area (Å²) in [5, 5.41) is 6.88. The van der Waals surface area contributed by atoms with Crippen molar-refractivity contribution in [3.8, 4) is 0 Å². The SMILES string of the molecule is CCCNc1ncnc(NCCCN2CCCC2)c1CC. The Balaban J connectivity index is 1.83. The van der Waals surface area contributed by atoms with Gasteiger partial charge in [0.25, 0.3) is 0 Å². The molecule has 0 saturated carbocycles. The average Bonchev–Trinajstić information content (AvgIpc) is 3.02. The minimum Gasteiger partial charge on any atom is -0.370 e. The molecule has 0 aliphatic carbocycles. The van der Waals surface area contributed by atoms with Crippen molar-refractivity contribution in [2.45, 2.75) is 46.0 Å². The van der Waals surface area contributed by atoms with Crippen molar-refractivity contribution in [3.63, 3.8) is 0 Å². The minimum absolute atomic E-state index is 0.946. The Hall–Kier alpha value is -1.36. The summed E-state index contributed by atoms with van der Waals surface area (Å²) in [6.45, 7) is 10.0. The van der Waals surface area contributed by atoms with E-state index in [0.29, 0.717) is 0 Å². The fourth-order valence-corrected chi connectivity index (χ4v) is 2.81. The van der Waals surface area contributed by atoms with Crippen LogP contribution in [0, 0.1) is 0 Å². The maximum Gasteiger partial charge on any atom is 0.134 e. The summed E-state index contributed by atoms with van der Waals surface area (Å²) in [5.74, 6) is 1.98. The third-order valence-corrected chi connectivity index (χ3v) is 3.98. The molecule has 0 amide bonds. The Kier molecular flexibility index (Phi) is 6.73. The Morgan fingerprint density at radius 2 is 1.71 bits per heavy atom. The number of nitrogens with one attached hydrogen (secondary N) is 2. The van der Waals surface area contributed by atoms with Gasteiger partial charge in [-0.05, 0) is 51.7 Å². The molecule has 2 rings (SSSR count). The summed E-state index contributed by atoms with van der Waals surface area (Å²) in [7, 11) is 0. The van der Waals surface area contributed by atoms with E-state index in [1.165, 1.54) is 44.5 Å². The zero-order valence-electron chi connectivity index (χ0n) is 13.5. The van der Waals surface area contributed by atoms with Crippen LogP contribution in [0.25, 0.3) is 0 Å². The van der Waals surface area contributed by atoms with Crippen LogP contribution in [0.1, 0.15) is 45.1 Å². The van der Waals surface area contributed by atoms with Gasteiger partial charge in [-0.25, -0.2) is 9.97 Å². The lowest BCUT2D eigenvalue weighted by Crippen LogP contribution is -2.22. The second-order valence-corrected chi connectivity index (χ2v) is 5.66. The molecule has 1 aliphatic heterocycles. The Morgan fingerprint density at radius 3 is 2.33 bits per heavy atom. The van der Waals surface area contributed by atoms with Gasteiger partial charge < -0.3 is 15.5 Å². The average molecular weight is 291 g/mol.